The van der Waals surface area contributed by atoms with E-state index in [2.05, 4.69) is 20.3 Å². The van der Waals surface area contributed by atoms with Gasteiger partial charge in [-0.05, 0) is 6.07 Å². The number of anilines is 1. The Kier molecular flexibility index (Phi) is 3.09. The lowest BCUT2D eigenvalue weighted by molar-refractivity contribution is 0.723. The second-order valence-electron chi connectivity index (χ2n) is 3.10. The van der Waals surface area contributed by atoms with Crippen LogP contribution in [0.1, 0.15) is 5.69 Å². The van der Waals surface area contributed by atoms with Gasteiger partial charge in [0.2, 0.25) is 5.95 Å². The molecule has 2 aromatic heterocycles. The highest BCUT2D eigenvalue weighted by molar-refractivity contribution is 5.29. The van der Waals surface area contributed by atoms with Crippen LogP contribution in [-0.2, 0) is 6.54 Å². The van der Waals surface area contributed by atoms with E-state index in [1.165, 1.54) is 0 Å². The van der Waals surface area contributed by atoms with Gasteiger partial charge in [-0.1, -0.05) is 0 Å². The number of imidazole rings is 1. The van der Waals surface area contributed by atoms with Gasteiger partial charge in [-0.15, -0.1) is 0 Å². The maximum absolute atomic E-state index is 8.66. The normalized spacial score (nSPS) is 9.69. The zero-order valence-corrected chi connectivity index (χ0v) is 8.54. The molecule has 16 heavy (non-hydrogen) atoms. The van der Waals surface area contributed by atoms with Gasteiger partial charge in [0.25, 0.3) is 0 Å². The highest BCUT2D eigenvalue weighted by Crippen LogP contribution is 1.98. The van der Waals surface area contributed by atoms with Crippen LogP contribution in [0.3, 0.4) is 0 Å². The first-order valence-electron chi connectivity index (χ1n) is 4.81. The largest absolute Gasteiger partial charge is 0.352 e. The maximum atomic E-state index is 8.66. The van der Waals surface area contributed by atoms with E-state index in [1.54, 1.807) is 24.8 Å². The maximum Gasteiger partial charge on any atom is 0.223 e. The predicted molar refractivity (Wildman–Crippen MR) is 57.5 cm³/mol. The summed E-state index contributed by atoms with van der Waals surface area (Å²) >= 11 is 0. The molecule has 0 aliphatic carbocycles. The molecule has 0 bridgehead atoms. The summed E-state index contributed by atoms with van der Waals surface area (Å²) in [5.41, 5.74) is 0.361. The van der Waals surface area contributed by atoms with E-state index >= 15 is 0 Å². The van der Waals surface area contributed by atoms with Gasteiger partial charge in [0.05, 0.1) is 6.33 Å². The molecule has 6 heteroatoms. The summed E-state index contributed by atoms with van der Waals surface area (Å²) in [4.78, 5) is 11.9. The van der Waals surface area contributed by atoms with Gasteiger partial charge in [-0.25, -0.2) is 15.0 Å². The van der Waals surface area contributed by atoms with E-state index in [0.29, 0.717) is 18.2 Å². The highest BCUT2D eigenvalue weighted by Gasteiger charge is 1.97. The molecule has 0 atom stereocenters. The molecule has 0 unspecified atom stereocenters. The third kappa shape index (κ3) is 2.54. The first-order valence-corrected chi connectivity index (χ1v) is 4.81. The molecule has 0 spiro atoms. The van der Waals surface area contributed by atoms with Gasteiger partial charge in [-0.2, -0.15) is 5.26 Å². The van der Waals surface area contributed by atoms with Crippen molar-refractivity contribution in [2.24, 2.45) is 0 Å². The quantitative estimate of drug-likeness (QED) is 0.808. The highest BCUT2D eigenvalue weighted by atomic mass is 15.1. The van der Waals surface area contributed by atoms with Crippen LogP contribution < -0.4 is 5.32 Å². The lowest BCUT2D eigenvalue weighted by Crippen LogP contribution is -2.11. The molecule has 2 rings (SSSR count). The Hall–Kier alpha value is -2.42. The van der Waals surface area contributed by atoms with Crippen molar-refractivity contribution in [3.63, 3.8) is 0 Å². The van der Waals surface area contributed by atoms with Crippen LogP contribution >= 0.6 is 0 Å². The predicted octanol–water partition coefficient (Wildman–Crippen LogP) is 0.657. The molecule has 1 N–H and O–H groups in total. The van der Waals surface area contributed by atoms with Gasteiger partial charge in [0, 0.05) is 31.7 Å². The van der Waals surface area contributed by atoms with Crippen molar-refractivity contribution < 1.29 is 0 Å². The van der Waals surface area contributed by atoms with Gasteiger partial charge < -0.3 is 9.88 Å². The van der Waals surface area contributed by atoms with Crippen LogP contribution in [0.25, 0.3) is 0 Å². The number of nitriles is 1. The Bertz CT molecular complexity index is 484. The fourth-order valence-corrected chi connectivity index (χ4v) is 1.22. The van der Waals surface area contributed by atoms with Gasteiger partial charge >= 0.3 is 0 Å². The SMILES string of the molecule is N#Cc1ccnc(NCCn2ccnc2)n1. The fourth-order valence-electron chi connectivity index (χ4n) is 1.22. The first kappa shape index (κ1) is 10.1. The van der Waals surface area contributed by atoms with Crippen LogP contribution in [0.2, 0.25) is 0 Å². The van der Waals surface area contributed by atoms with Crippen LogP contribution in [-0.4, -0.2) is 26.1 Å². The standard InChI is InChI=1S/C10H10N6/c11-7-9-1-2-13-10(15-9)14-4-6-16-5-3-12-8-16/h1-3,5,8H,4,6H2,(H,13,14,15). The van der Waals surface area contributed by atoms with E-state index in [0.717, 1.165) is 6.54 Å². The third-order valence-corrected chi connectivity index (χ3v) is 1.98. The lowest BCUT2D eigenvalue weighted by Gasteiger charge is -2.04. The average molecular weight is 214 g/mol. The van der Waals surface area contributed by atoms with Crippen LogP contribution in [0.5, 0.6) is 0 Å². The van der Waals surface area contributed by atoms with Crippen molar-refractivity contribution in [1.29, 1.82) is 5.26 Å². The first-order chi connectivity index (χ1) is 7.88. The van der Waals surface area contributed by atoms with Gasteiger partial charge in [0.1, 0.15) is 11.8 Å². The number of hydrogen-bond acceptors (Lipinski definition) is 5. The van der Waals surface area contributed by atoms with Crippen molar-refractivity contribution >= 4 is 5.95 Å². The van der Waals surface area contributed by atoms with Crippen LogP contribution in [0.4, 0.5) is 5.95 Å². The van der Waals surface area contributed by atoms with E-state index in [1.807, 2.05) is 16.8 Å². The molecule has 0 aliphatic rings. The molecule has 0 fully saturated rings. The molecule has 2 aromatic rings. The summed E-state index contributed by atoms with van der Waals surface area (Å²) in [5.74, 6) is 0.471. The van der Waals surface area contributed by atoms with Crippen LogP contribution in [0.15, 0.2) is 31.0 Å². The second-order valence-corrected chi connectivity index (χ2v) is 3.10. The fraction of sp³-hybridized carbons (Fsp3) is 0.200. The Morgan fingerprint density at radius 2 is 2.38 bits per heavy atom. The third-order valence-electron chi connectivity index (χ3n) is 1.98. The molecule has 2 heterocycles. The summed E-state index contributed by atoms with van der Waals surface area (Å²) in [6, 6.07) is 3.54. The molecule has 0 saturated carbocycles. The minimum atomic E-state index is 0.361. The zero-order valence-electron chi connectivity index (χ0n) is 8.54. The van der Waals surface area contributed by atoms with E-state index in [-0.39, 0.29) is 0 Å². The monoisotopic (exact) mass is 214 g/mol. The average Bonchev–Trinajstić information content (AvgIpc) is 2.82. The van der Waals surface area contributed by atoms with Crippen LogP contribution in [0, 0.1) is 11.3 Å². The van der Waals surface area contributed by atoms with Crippen molar-refractivity contribution in [3.05, 3.63) is 36.7 Å². The molecule has 0 radical (unpaired) electrons. The Balaban J connectivity index is 1.88. The number of nitrogens with one attached hydrogen (secondary N) is 1. The molecule has 0 saturated heterocycles. The molecule has 0 amide bonds. The Labute approximate surface area is 92.6 Å². The summed E-state index contributed by atoms with van der Waals surface area (Å²) in [6.45, 7) is 1.46. The topological polar surface area (TPSA) is 79.4 Å². The molecule has 0 aromatic carbocycles. The number of rotatable bonds is 4. The van der Waals surface area contributed by atoms with Crippen molar-refractivity contribution in [3.8, 4) is 6.07 Å². The number of aromatic nitrogens is 4. The lowest BCUT2D eigenvalue weighted by atomic mass is 10.4. The minimum absolute atomic E-state index is 0.361. The van der Waals surface area contributed by atoms with Gasteiger partial charge in [0.15, 0.2) is 0 Å². The summed E-state index contributed by atoms with van der Waals surface area (Å²) in [5, 5.41) is 11.7. The number of nitrogens with zero attached hydrogens (tertiary/aromatic N) is 5. The smallest absolute Gasteiger partial charge is 0.223 e. The molecule has 80 valence electrons. The zero-order chi connectivity index (χ0) is 11.2. The molecule has 6 nitrogen and oxygen atoms in total. The summed E-state index contributed by atoms with van der Waals surface area (Å²) in [7, 11) is 0. The van der Waals surface area contributed by atoms with Crippen molar-refractivity contribution in [1.82, 2.24) is 19.5 Å². The summed E-state index contributed by atoms with van der Waals surface area (Å²) in [6.07, 6.45) is 6.92. The van der Waals surface area contributed by atoms with E-state index in [9.17, 15) is 0 Å². The van der Waals surface area contributed by atoms with E-state index < -0.39 is 0 Å². The second kappa shape index (κ2) is 4.89. The van der Waals surface area contributed by atoms with E-state index in [4.69, 9.17) is 5.26 Å². The molecular weight excluding hydrogens is 204 g/mol. The molecule has 0 aliphatic heterocycles. The van der Waals surface area contributed by atoms with Crippen molar-refractivity contribution in [2.45, 2.75) is 6.54 Å². The van der Waals surface area contributed by atoms with Crippen molar-refractivity contribution in [2.75, 3.05) is 11.9 Å². The molecular formula is C10H10N6. The Morgan fingerprint density at radius 3 is 3.12 bits per heavy atom. The Morgan fingerprint density at radius 1 is 1.44 bits per heavy atom. The van der Waals surface area contributed by atoms with Gasteiger partial charge in [-0.3, -0.25) is 0 Å². The number of hydrogen-bond donors (Lipinski definition) is 1. The summed E-state index contributed by atoms with van der Waals surface area (Å²) < 4.78 is 1.95. The minimum Gasteiger partial charge on any atom is -0.352 e.